The highest BCUT2D eigenvalue weighted by Gasteiger charge is 2.19. The van der Waals surface area contributed by atoms with E-state index in [1.807, 2.05) is 45.3 Å². The van der Waals surface area contributed by atoms with Crippen molar-refractivity contribution in [3.63, 3.8) is 0 Å². The van der Waals surface area contributed by atoms with Crippen molar-refractivity contribution in [2.24, 2.45) is 0 Å². The molecule has 0 aliphatic heterocycles. The Morgan fingerprint density at radius 2 is 0.895 bits per heavy atom. The molecule has 0 saturated carbocycles. The van der Waals surface area contributed by atoms with Gasteiger partial charge in [0, 0.05) is 69.6 Å². The van der Waals surface area contributed by atoms with Gasteiger partial charge < -0.3 is 0 Å². The molecule has 0 N–H and O–H groups in total. The first-order valence-electron chi connectivity index (χ1n) is 18.0. The van der Waals surface area contributed by atoms with Gasteiger partial charge >= 0.3 is 0 Å². The van der Waals surface area contributed by atoms with Crippen LogP contribution in [0.5, 0.6) is 0 Å². The zero-order valence-corrected chi connectivity index (χ0v) is 35.7. The third-order valence-corrected chi connectivity index (χ3v) is 17.2. The lowest BCUT2D eigenvalue weighted by Gasteiger charge is -2.09. The van der Waals surface area contributed by atoms with E-state index in [1.165, 1.54) is 107 Å². The van der Waals surface area contributed by atoms with Crippen molar-refractivity contribution in [2.45, 2.75) is 20.8 Å². The Hall–Kier alpha value is -5.82. The van der Waals surface area contributed by atoms with Gasteiger partial charge in [0.25, 0.3) is 0 Å². The fraction of sp³-hybridized carbons (Fsp3) is 0.0588. The van der Waals surface area contributed by atoms with Gasteiger partial charge in [0.15, 0.2) is 0 Å². The van der Waals surface area contributed by atoms with Crippen molar-refractivity contribution >= 4 is 121 Å². The number of aryl methyl sites for hydroxylation is 3. The molecule has 0 unspecified atom stereocenters. The largest absolute Gasteiger partial charge is 0.141 e. The number of hydrogen-bond donors (Lipinski definition) is 0. The summed E-state index contributed by atoms with van der Waals surface area (Å²) in [6.07, 6.45) is 5.14. The molecule has 10 rings (SSSR count). The number of rotatable bonds is 4. The van der Waals surface area contributed by atoms with Crippen LogP contribution in [0.4, 0.5) is 0 Å². The molecule has 4 aromatic carbocycles. The zero-order valence-electron chi connectivity index (χ0n) is 30.8. The Morgan fingerprint density at radius 3 is 1.58 bits per heavy atom. The van der Waals surface area contributed by atoms with Gasteiger partial charge in [-0.25, -0.2) is 0 Å². The molecule has 6 aromatic heterocycles. The lowest BCUT2D eigenvalue weighted by atomic mass is 9.95. The lowest BCUT2D eigenvalue weighted by Crippen LogP contribution is -1.81. The summed E-state index contributed by atoms with van der Waals surface area (Å²) in [7, 11) is 0. The fourth-order valence-corrected chi connectivity index (χ4v) is 14.0. The van der Waals surface area contributed by atoms with E-state index in [0.717, 1.165) is 5.56 Å². The molecule has 6 heterocycles. The minimum atomic E-state index is 0.978. The maximum atomic E-state index is 5.14. The first-order chi connectivity index (χ1) is 27.9. The molecule has 0 bridgehead atoms. The van der Waals surface area contributed by atoms with Crippen LogP contribution in [0.2, 0.25) is 0 Å². The maximum Gasteiger partial charge on any atom is 0.0606 e. The van der Waals surface area contributed by atoms with E-state index in [2.05, 4.69) is 171 Å². The molecular weight excluding hydrogens is 805 g/mol. The van der Waals surface area contributed by atoms with Gasteiger partial charge in [-0.05, 0) is 167 Å². The van der Waals surface area contributed by atoms with E-state index in [0.29, 0.717) is 0 Å². The SMILES string of the molecule is C#CC#CC#CC#CC#Cc1cc(-c2cc(C)c(-c3ccc(-c4cc5c(ccc6c5ccc5c7ccc8sc(C)cc8c7ccc65)s4)s3)s2)sc1-c1ccc(C)s1. The van der Waals surface area contributed by atoms with Crippen LogP contribution in [0.1, 0.15) is 20.9 Å². The van der Waals surface area contributed by atoms with Crippen LogP contribution in [0, 0.1) is 80.5 Å². The van der Waals surface area contributed by atoms with Gasteiger partial charge in [-0.3, -0.25) is 0 Å². The van der Waals surface area contributed by atoms with E-state index < -0.39 is 0 Å². The summed E-state index contributed by atoms with van der Waals surface area (Å²) in [5, 5.41) is 10.6. The van der Waals surface area contributed by atoms with Crippen LogP contribution in [0.15, 0.2) is 97.1 Å². The first kappa shape index (κ1) is 35.6. The molecule has 57 heavy (non-hydrogen) atoms. The Labute approximate surface area is 355 Å². The van der Waals surface area contributed by atoms with Crippen molar-refractivity contribution < 1.29 is 0 Å². The zero-order chi connectivity index (χ0) is 38.6. The van der Waals surface area contributed by atoms with Crippen LogP contribution in [0.3, 0.4) is 0 Å². The summed E-state index contributed by atoms with van der Waals surface area (Å²) in [6, 6.07) is 36.8. The normalized spacial score (nSPS) is 10.8. The molecule has 0 spiro atoms. The molecule has 0 radical (unpaired) electrons. The molecule has 0 aliphatic rings. The number of terminal acetylenes is 1. The summed E-state index contributed by atoms with van der Waals surface area (Å²) < 4.78 is 2.68. The third-order valence-electron chi connectivity index (χ3n) is 9.89. The smallest absolute Gasteiger partial charge is 0.0606 e. The maximum absolute atomic E-state index is 5.14. The third kappa shape index (κ3) is 6.47. The number of benzene rings is 4. The van der Waals surface area contributed by atoms with E-state index in [4.69, 9.17) is 6.42 Å². The Kier molecular flexibility index (Phi) is 9.11. The summed E-state index contributed by atoms with van der Waals surface area (Å²) in [4.78, 5) is 12.7. The van der Waals surface area contributed by atoms with E-state index in [9.17, 15) is 0 Å². The summed E-state index contributed by atoms with van der Waals surface area (Å²) in [5.41, 5.74) is 2.26. The van der Waals surface area contributed by atoms with Crippen molar-refractivity contribution in [3.8, 4) is 98.7 Å². The molecule has 266 valence electrons. The average molecular weight is 831 g/mol. The standard InChI is InChI=1S/C51H26S6/c1-5-6-7-8-9-10-11-12-13-33-28-48(57-51(33)46-21-14-31(3)52-46)47-26-30(2)50(56-47)45-25-24-44(55-45)49-29-41-39-18-16-34-35(37(39)20-23-43(41)54-49)15-17-38-36(34)19-22-42-40(38)27-32(4)53-42/h1,14-29H,2-4H3. The molecule has 0 fully saturated rings. The molecule has 0 atom stereocenters. The van der Waals surface area contributed by atoms with Crippen LogP contribution in [0.25, 0.3) is 91.5 Å². The predicted octanol–water partition coefficient (Wildman–Crippen LogP) is 15.4. The van der Waals surface area contributed by atoms with Gasteiger partial charge in [-0.2, -0.15) is 0 Å². The lowest BCUT2D eigenvalue weighted by molar-refractivity contribution is 1.56. The van der Waals surface area contributed by atoms with Crippen LogP contribution < -0.4 is 0 Å². The molecule has 0 aliphatic carbocycles. The highest BCUT2D eigenvalue weighted by molar-refractivity contribution is 7.30. The van der Waals surface area contributed by atoms with Gasteiger partial charge in [-0.15, -0.1) is 74.4 Å². The summed E-state index contributed by atoms with van der Waals surface area (Å²) in [5.74, 6) is 24.4. The number of fused-ring (bicyclic) bond motifs is 9. The Balaban J connectivity index is 0.974. The second-order valence-corrected chi connectivity index (χ2v) is 20.4. The molecule has 0 amide bonds. The molecule has 10 aromatic rings. The van der Waals surface area contributed by atoms with Crippen LogP contribution >= 0.6 is 68.0 Å². The summed E-state index contributed by atoms with van der Waals surface area (Å²) >= 11 is 11.1. The van der Waals surface area contributed by atoms with Crippen molar-refractivity contribution in [3.05, 3.63) is 118 Å². The second-order valence-electron chi connectivity index (χ2n) is 13.5. The molecule has 0 nitrogen and oxygen atoms in total. The van der Waals surface area contributed by atoms with Gasteiger partial charge in [0.05, 0.1) is 4.88 Å². The summed E-state index contributed by atoms with van der Waals surface area (Å²) in [6.45, 7) is 6.56. The fourth-order valence-electron chi connectivity index (χ4n) is 7.40. The minimum absolute atomic E-state index is 0.978. The van der Waals surface area contributed by atoms with Crippen molar-refractivity contribution in [2.75, 3.05) is 0 Å². The molecule has 0 saturated heterocycles. The van der Waals surface area contributed by atoms with E-state index in [1.54, 1.807) is 22.7 Å². The highest BCUT2D eigenvalue weighted by atomic mass is 32.1. The van der Waals surface area contributed by atoms with E-state index >= 15 is 0 Å². The van der Waals surface area contributed by atoms with E-state index in [-0.39, 0.29) is 0 Å². The number of hydrogen-bond acceptors (Lipinski definition) is 6. The molecular formula is C51H26S6. The predicted molar refractivity (Wildman–Crippen MR) is 256 cm³/mol. The second kappa shape index (κ2) is 14.6. The highest BCUT2D eigenvalue weighted by Crippen LogP contribution is 2.49. The van der Waals surface area contributed by atoms with Gasteiger partial charge in [-0.1, -0.05) is 42.3 Å². The van der Waals surface area contributed by atoms with Gasteiger partial charge in [0.2, 0.25) is 0 Å². The quantitative estimate of drug-likeness (QED) is 0.122. The van der Waals surface area contributed by atoms with Crippen LogP contribution in [-0.2, 0) is 0 Å². The average Bonchev–Trinajstić information content (AvgIpc) is 4.07. The Bertz CT molecular complexity index is 3600. The van der Waals surface area contributed by atoms with Gasteiger partial charge in [0.1, 0.15) is 0 Å². The minimum Gasteiger partial charge on any atom is -0.141 e. The van der Waals surface area contributed by atoms with Crippen LogP contribution in [-0.4, -0.2) is 0 Å². The number of thiophene rings is 6. The topological polar surface area (TPSA) is 0 Å². The van der Waals surface area contributed by atoms with Crippen molar-refractivity contribution in [1.29, 1.82) is 0 Å². The Morgan fingerprint density at radius 1 is 0.368 bits per heavy atom. The van der Waals surface area contributed by atoms with Crippen molar-refractivity contribution in [1.82, 2.24) is 0 Å². The molecule has 6 heteroatoms. The monoisotopic (exact) mass is 830 g/mol. The first-order valence-corrected chi connectivity index (χ1v) is 22.9.